The van der Waals surface area contributed by atoms with Gasteiger partial charge in [0.1, 0.15) is 12.2 Å². The SMILES string of the molecule is CCCc1noc(Cn2c(C(=O)O)cccc2=O)n1. The average molecular weight is 263 g/mol. The fourth-order valence-corrected chi connectivity index (χ4v) is 1.68. The summed E-state index contributed by atoms with van der Waals surface area (Å²) >= 11 is 0. The van der Waals surface area contributed by atoms with E-state index in [4.69, 9.17) is 9.63 Å². The van der Waals surface area contributed by atoms with Crippen LogP contribution in [-0.2, 0) is 13.0 Å². The summed E-state index contributed by atoms with van der Waals surface area (Å²) in [6, 6.07) is 4.04. The minimum absolute atomic E-state index is 0.0436. The van der Waals surface area contributed by atoms with Gasteiger partial charge < -0.3 is 9.63 Å². The molecule has 0 aliphatic rings. The van der Waals surface area contributed by atoms with Gasteiger partial charge in [-0.3, -0.25) is 9.36 Å². The summed E-state index contributed by atoms with van der Waals surface area (Å²) in [6.45, 7) is 1.94. The van der Waals surface area contributed by atoms with E-state index >= 15 is 0 Å². The first kappa shape index (κ1) is 13.0. The molecule has 100 valence electrons. The Morgan fingerprint density at radius 1 is 1.47 bits per heavy atom. The van der Waals surface area contributed by atoms with Crippen LogP contribution in [0.5, 0.6) is 0 Å². The third kappa shape index (κ3) is 2.87. The fourth-order valence-electron chi connectivity index (χ4n) is 1.68. The number of rotatable bonds is 5. The topological polar surface area (TPSA) is 98.2 Å². The van der Waals surface area contributed by atoms with Crippen molar-refractivity contribution in [2.24, 2.45) is 0 Å². The highest BCUT2D eigenvalue weighted by Crippen LogP contribution is 2.04. The zero-order chi connectivity index (χ0) is 13.8. The number of hydrogen-bond donors (Lipinski definition) is 1. The molecule has 7 nitrogen and oxygen atoms in total. The first-order chi connectivity index (χ1) is 9.11. The smallest absolute Gasteiger partial charge is 0.352 e. The van der Waals surface area contributed by atoms with E-state index in [9.17, 15) is 9.59 Å². The van der Waals surface area contributed by atoms with Gasteiger partial charge in [-0.1, -0.05) is 18.1 Å². The Labute approximate surface area is 108 Å². The summed E-state index contributed by atoms with van der Waals surface area (Å²) in [5, 5.41) is 12.8. The Bertz CT molecular complexity index is 644. The van der Waals surface area contributed by atoms with Crippen LogP contribution in [0.3, 0.4) is 0 Å². The van der Waals surface area contributed by atoms with Crippen molar-refractivity contribution in [2.45, 2.75) is 26.3 Å². The lowest BCUT2D eigenvalue weighted by atomic mass is 10.3. The van der Waals surface area contributed by atoms with Crippen molar-refractivity contribution in [2.75, 3.05) is 0 Å². The molecule has 2 rings (SSSR count). The number of aromatic carboxylic acids is 1. The van der Waals surface area contributed by atoms with Gasteiger partial charge in [0.25, 0.3) is 5.56 Å². The number of hydrogen-bond acceptors (Lipinski definition) is 5. The van der Waals surface area contributed by atoms with Gasteiger partial charge in [0.05, 0.1) is 0 Å². The molecule has 7 heteroatoms. The molecular weight excluding hydrogens is 250 g/mol. The maximum absolute atomic E-state index is 11.7. The van der Waals surface area contributed by atoms with Gasteiger partial charge in [-0.25, -0.2) is 4.79 Å². The molecule has 0 aromatic carbocycles. The molecule has 0 saturated heterocycles. The zero-order valence-electron chi connectivity index (χ0n) is 10.4. The lowest BCUT2D eigenvalue weighted by Crippen LogP contribution is -2.25. The molecule has 0 saturated carbocycles. The molecule has 0 unspecified atom stereocenters. The number of aromatic nitrogens is 3. The number of carboxylic acid groups (broad SMARTS) is 1. The van der Waals surface area contributed by atoms with Crippen molar-refractivity contribution in [1.82, 2.24) is 14.7 Å². The van der Waals surface area contributed by atoms with Crippen LogP contribution in [0.15, 0.2) is 27.5 Å². The molecule has 0 amide bonds. The van der Waals surface area contributed by atoms with Crippen molar-refractivity contribution in [1.29, 1.82) is 0 Å². The van der Waals surface area contributed by atoms with Crippen LogP contribution >= 0.6 is 0 Å². The molecule has 0 bridgehead atoms. The predicted octanol–water partition coefficient (Wildman–Crippen LogP) is 0.930. The Kier molecular flexibility index (Phi) is 3.74. The standard InChI is InChI=1S/C12H13N3O4/c1-2-4-9-13-10(19-14-9)7-15-8(12(17)18)5-3-6-11(15)16/h3,5-6H,2,4,7H2,1H3,(H,17,18). The molecule has 2 aromatic rings. The third-order valence-corrected chi connectivity index (χ3v) is 2.55. The number of pyridine rings is 1. The minimum Gasteiger partial charge on any atom is -0.477 e. The Balaban J connectivity index is 2.32. The van der Waals surface area contributed by atoms with E-state index in [1.54, 1.807) is 0 Å². The number of carboxylic acids is 1. The molecule has 0 aliphatic carbocycles. The van der Waals surface area contributed by atoms with Crippen LogP contribution in [0.2, 0.25) is 0 Å². The molecule has 0 spiro atoms. The van der Waals surface area contributed by atoms with E-state index in [0.717, 1.165) is 11.0 Å². The predicted molar refractivity (Wildman–Crippen MR) is 65.1 cm³/mol. The van der Waals surface area contributed by atoms with Crippen molar-refractivity contribution < 1.29 is 14.4 Å². The average Bonchev–Trinajstić information content (AvgIpc) is 2.79. The van der Waals surface area contributed by atoms with Crippen molar-refractivity contribution in [3.63, 3.8) is 0 Å². The molecular formula is C12H13N3O4. The lowest BCUT2D eigenvalue weighted by molar-refractivity contribution is 0.0683. The summed E-state index contributed by atoms with van der Waals surface area (Å²) in [5.41, 5.74) is -0.530. The van der Waals surface area contributed by atoms with Crippen molar-refractivity contribution in [3.8, 4) is 0 Å². The summed E-state index contributed by atoms with van der Waals surface area (Å²) in [4.78, 5) is 26.8. The van der Waals surface area contributed by atoms with Gasteiger partial charge in [0, 0.05) is 12.5 Å². The summed E-state index contributed by atoms with van der Waals surface area (Å²) in [6.07, 6.45) is 1.56. The lowest BCUT2D eigenvalue weighted by Gasteiger charge is -2.05. The highest BCUT2D eigenvalue weighted by molar-refractivity contribution is 5.85. The second-order valence-corrected chi connectivity index (χ2v) is 3.99. The van der Waals surface area contributed by atoms with E-state index in [-0.39, 0.29) is 18.1 Å². The first-order valence-electron chi connectivity index (χ1n) is 5.86. The normalized spacial score (nSPS) is 10.6. The minimum atomic E-state index is -1.18. The molecule has 2 aromatic heterocycles. The van der Waals surface area contributed by atoms with E-state index in [2.05, 4.69) is 10.1 Å². The van der Waals surface area contributed by atoms with Gasteiger partial charge in [0.15, 0.2) is 5.82 Å². The molecule has 19 heavy (non-hydrogen) atoms. The largest absolute Gasteiger partial charge is 0.477 e. The summed E-state index contributed by atoms with van der Waals surface area (Å²) < 4.78 is 6.09. The van der Waals surface area contributed by atoms with Gasteiger partial charge in [-0.2, -0.15) is 4.98 Å². The Morgan fingerprint density at radius 3 is 2.95 bits per heavy atom. The summed E-state index contributed by atoms with van der Waals surface area (Å²) in [5.74, 6) is -0.399. The quantitative estimate of drug-likeness (QED) is 0.861. The van der Waals surface area contributed by atoms with Gasteiger partial charge in [-0.15, -0.1) is 0 Å². The zero-order valence-corrected chi connectivity index (χ0v) is 10.4. The van der Waals surface area contributed by atoms with Crippen LogP contribution in [0.25, 0.3) is 0 Å². The highest BCUT2D eigenvalue weighted by Gasteiger charge is 2.14. The van der Waals surface area contributed by atoms with Crippen LogP contribution < -0.4 is 5.56 Å². The van der Waals surface area contributed by atoms with E-state index in [1.807, 2.05) is 6.92 Å². The number of carbonyl (C=O) groups is 1. The van der Waals surface area contributed by atoms with Crippen LogP contribution in [0.4, 0.5) is 0 Å². The number of aryl methyl sites for hydroxylation is 1. The molecule has 0 fully saturated rings. The molecule has 0 aliphatic heterocycles. The molecule has 0 atom stereocenters. The maximum atomic E-state index is 11.7. The van der Waals surface area contributed by atoms with E-state index in [0.29, 0.717) is 12.2 Å². The molecule has 1 N–H and O–H groups in total. The Morgan fingerprint density at radius 2 is 2.26 bits per heavy atom. The van der Waals surface area contributed by atoms with Crippen LogP contribution in [0, 0.1) is 0 Å². The maximum Gasteiger partial charge on any atom is 0.352 e. The third-order valence-electron chi connectivity index (χ3n) is 2.55. The van der Waals surface area contributed by atoms with Crippen molar-refractivity contribution >= 4 is 5.97 Å². The van der Waals surface area contributed by atoms with Crippen molar-refractivity contribution in [3.05, 3.63) is 46.0 Å². The van der Waals surface area contributed by atoms with Gasteiger partial charge in [-0.05, 0) is 12.5 Å². The Hall–Kier alpha value is -2.44. The van der Waals surface area contributed by atoms with E-state index < -0.39 is 11.5 Å². The van der Waals surface area contributed by atoms with E-state index in [1.165, 1.54) is 18.2 Å². The van der Waals surface area contributed by atoms with Crippen LogP contribution in [0.1, 0.15) is 35.5 Å². The summed E-state index contributed by atoms with van der Waals surface area (Å²) in [7, 11) is 0. The van der Waals surface area contributed by atoms with Crippen LogP contribution in [-0.4, -0.2) is 25.8 Å². The fraction of sp³-hybridized carbons (Fsp3) is 0.333. The van der Waals surface area contributed by atoms with Gasteiger partial charge >= 0.3 is 5.97 Å². The molecule has 2 heterocycles. The monoisotopic (exact) mass is 263 g/mol. The van der Waals surface area contributed by atoms with Gasteiger partial charge in [0.2, 0.25) is 5.89 Å². The second kappa shape index (κ2) is 5.47. The molecule has 0 radical (unpaired) electrons. The highest BCUT2D eigenvalue weighted by atomic mass is 16.5. The number of nitrogens with zero attached hydrogens (tertiary/aromatic N) is 3. The second-order valence-electron chi connectivity index (χ2n) is 3.99. The first-order valence-corrected chi connectivity index (χ1v) is 5.86.